The van der Waals surface area contributed by atoms with Gasteiger partial charge in [0.15, 0.2) is 5.69 Å². The van der Waals surface area contributed by atoms with Gasteiger partial charge in [0.25, 0.3) is 5.91 Å². The fourth-order valence-electron chi connectivity index (χ4n) is 1.56. The number of nitrogens with zero attached hydrogens (tertiary/aromatic N) is 2. The van der Waals surface area contributed by atoms with Crippen molar-refractivity contribution in [3.63, 3.8) is 0 Å². The van der Waals surface area contributed by atoms with Crippen LogP contribution in [0.2, 0.25) is 0 Å². The van der Waals surface area contributed by atoms with Crippen LogP contribution in [0.1, 0.15) is 30.3 Å². The average molecular weight is 266 g/mol. The molecule has 0 bridgehead atoms. The molecule has 3 N–H and O–H groups in total. The van der Waals surface area contributed by atoms with Gasteiger partial charge in [-0.15, -0.1) is 10.2 Å². The molecule has 104 valence electrons. The van der Waals surface area contributed by atoms with Crippen molar-refractivity contribution < 1.29 is 14.7 Å². The van der Waals surface area contributed by atoms with Gasteiger partial charge in [-0.1, -0.05) is 13.3 Å². The van der Waals surface area contributed by atoms with Gasteiger partial charge < -0.3 is 15.7 Å². The first-order chi connectivity index (χ1) is 9.08. The fraction of sp³-hybridized carbons (Fsp3) is 0.500. The standard InChI is InChI=1S/C12H18N4O3/c1-3-4-8(12(18)19)7-14-10-6-5-9(15-16-10)11(17)13-2/h5-6,8H,3-4,7H2,1-2H3,(H,13,17)(H,14,16)(H,18,19). The summed E-state index contributed by atoms with van der Waals surface area (Å²) in [6.45, 7) is 2.23. The van der Waals surface area contributed by atoms with Crippen molar-refractivity contribution in [2.24, 2.45) is 5.92 Å². The third-order valence-corrected chi connectivity index (χ3v) is 2.64. The number of nitrogens with one attached hydrogen (secondary N) is 2. The zero-order valence-corrected chi connectivity index (χ0v) is 11.0. The second-order valence-corrected chi connectivity index (χ2v) is 4.09. The van der Waals surface area contributed by atoms with Crippen LogP contribution in [0.3, 0.4) is 0 Å². The van der Waals surface area contributed by atoms with Gasteiger partial charge in [0.1, 0.15) is 5.82 Å². The lowest BCUT2D eigenvalue weighted by Crippen LogP contribution is -2.23. The molecule has 0 aliphatic rings. The zero-order valence-electron chi connectivity index (χ0n) is 11.0. The molecular formula is C12H18N4O3. The molecule has 0 aromatic carbocycles. The third-order valence-electron chi connectivity index (χ3n) is 2.64. The van der Waals surface area contributed by atoms with Crippen LogP contribution in [0, 0.1) is 5.92 Å². The molecule has 1 unspecified atom stereocenters. The SMILES string of the molecule is CCCC(CNc1ccc(C(=O)NC)nn1)C(=O)O. The average Bonchev–Trinajstić information content (AvgIpc) is 2.42. The summed E-state index contributed by atoms with van der Waals surface area (Å²) in [5, 5.41) is 21.9. The monoisotopic (exact) mass is 266 g/mol. The summed E-state index contributed by atoms with van der Waals surface area (Å²) in [4.78, 5) is 22.2. The van der Waals surface area contributed by atoms with E-state index in [-0.39, 0.29) is 18.1 Å². The van der Waals surface area contributed by atoms with Crippen molar-refractivity contribution >= 4 is 17.7 Å². The van der Waals surface area contributed by atoms with Gasteiger partial charge >= 0.3 is 5.97 Å². The molecule has 0 fully saturated rings. The molecule has 0 saturated carbocycles. The molecule has 0 radical (unpaired) electrons. The van der Waals surface area contributed by atoms with E-state index in [1.807, 2.05) is 6.92 Å². The molecule has 7 nitrogen and oxygen atoms in total. The number of amides is 1. The van der Waals surface area contributed by atoms with Crippen LogP contribution < -0.4 is 10.6 Å². The summed E-state index contributed by atoms with van der Waals surface area (Å²) in [5.41, 5.74) is 0.219. The highest BCUT2D eigenvalue weighted by Crippen LogP contribution is 2.09. The largest absolute Gasteiger partial charge is 0.481 e. The van der Waals surface area contributed by atoms with Crippen LogP contribution in [0.15, 0.2) is 12.1 Å². The lowest BCUT2D eigenvalue weighted by Gasteiger charge is -2.12. The summed E-state index contributed by atoms with van der Waals surface area (Å²) in [5.74, 6) is -1.14. The maximum absolute atomic E-state index is 11.3. The topological polar surface area (TPSA) is 104 Å². The Bertz CT molecular complexity index is 433. The Morgan fingerprint density at radius 1 is 1.37 bits per heavy atom. The molecule has 1 atom stereocenters. The van der Waals surface area contributed by atoms with Gasteiger partial charge in [0.2, 0.25) is 0 Å². The molecular weight excluding hydrogens is 248 g/mol. The first-order valence-corrected chi connectivity index (χ1v) is 6.11. The normalized spacial score (nSPS) is 11.7. The number of anilines is 1. The van der Waals surface area contributed by atoms with Gasteiger partial charge in [-0.25, -0.2) is 0 Å². The van der Waals surface area contributed by atoms with E-state index in [0.717, 1.165) is 6.42 Å². The number of rotatable bonds is 7. The van der Waals surface area contributed by atoms with Crippen LogP contribution in [-0.4, -0.2) is 40.8 Å². The Morgan fingerprint density at radius 2 is 2.11 bits per heavy atom. The van der Waals surface area contributed by atoms with Crippen molar-refractivity contribution in [1.29, 1.82) is 0 Å². The second kappa shape index (κ2) is 7.30. The molecule has 7 heteroatoms. The van der Waals surface area contributed by atoms with Gasteiger partial charge in [-0.05, 0) is 18.6 Å². The summed E-state index contributed by atoms with van der Waals surface area (Å²) in [7, 11) is 1.51. The number of hydrogen-bond acceptors (Lipinski definition) is 5. The summed E-state index contributed by atoms with van der Waals surface area (Å²) in [6, 6.07) is 3.13. The van der Waals surface area contributed by atoms with Crippen molar-refractivity contribution in [1.82, 2.24) is 15.5 Å². The van der Waals surface area contributed by atoms with Gasteiger partial charge in [0, 0.05) is 13.6 Å². The van der Waals surface area contributed by atoms with E-state index in [1.165, 1.54) is 13.1 Å². The van der Waals surface area contributed by atoms with Gasteiger partial charge in [-0.2, -0.15) is 0 Å². The van der Waals surface area contributed by atoms with Crippen molar-refractivity contribution in [3.8, 4) is 0 Å². The number of carboxylic acids is 1. The molecule has 1 rings (SSSR count). The minimum Gasteiger partial charge on any atom is -0.481 e. The minimum atomic E-state index is -0.829. The zero-order chi connectivity index (χ0) is 14.3. The van der Waals surface area contributed by atoms with Crippen LogP contribution in [0.25, 0.3) is 0 Å². The molecule has 1 aromatic rings. The smallest absolute Gasteiger partial charge is 0.308 e. The highest BCUT2D eigenvalue weighted by Gasteiger charge is 2.16. The summed E-state index contributed by atoms with van der Waals surface area (Å²) >= 11 is 0. The first kappa shape index (κ1) is 14.9. The van der Waals surface area contributed by atoms with E-state index in [1.54, 1.807) is 6.07 Å². The Hall–Kier alpha value is -2.18. The van der Waals surface area contributed by atoms with E-state index in [4.69, 9.17) is 5.11 Å². The Morgan fingerprint density at radius 3 is 2.58 bits per heavy atom. The number of carboxylic acid groups (broad SMARTS) is 1. The molecule has 0 aliphatic carbocycles. The number of hydrogen-bond donors (Lipinski definition) is 3. The Labute approximate surface area is 111 Å². The molecule has 1 aromatic heterocycles. The summed E-state index contributed by atoms with van der Waals surface area (Å²) in [6.07, 6.45) is 1.41. The van der Waals surface area contributed by atoms with E-state index < -0.39 is 11.9 Å². The molecule has 19 heavy (non-hydrogen) atoms. The van der Waals surface area contributed by atoms with E-state index in [2.05, 4.69) is 20.8 Å². The van der Waals surface area contributed by atoms with Gasteiger partial charge in [0.05, 0.1) is 5.92 Å². The Balaban J connectivity index is 2.58. The second-order valence-electron chi connectivity index (χ2n) is 4.09. The van der Waals surface area contributed by atoms with Crippen molar-refractivity contribution in [2.45, 2.75) is 19.8 Å². The van der Waals surface area contributed by atoms with Gasteiger partial charge in [-0.3, -0.25) is 9.59 Å². The quantitative estimate of drug-likeness (QED) is 0.672. The number of carbonyl (C=O) groups excluding carboxylic acids is 1. The molecule has 0 saturated heterocycles. The summed E-state index contributed by atoms with van der Waals surface area (Å²) < 4.78 is 0. The maximum atomic E-state index is 11.3. The van der Waals surface area contributed by atoms with Crippen LogP contribution in [0.5, 0.6) is 0 Å². The molecule has 1 amide bonds. The fourth-order valence-corrected chi connectivity index (χ4v) is 1.56. The maximum Gasteiger partial charge on any atom is 0.308 e. The predicted octanol–water partition coefficient (Wildman–Crippen LogP) is 0.749. The molecule has 0 aliphatic heterocycles. The first-order valence-electron chi connectivity index (χ1n) is 6.11. The Kier molecular flexibility index (Phi) is 5.72. The van der Waals surface area contributed by atoms with Crippen LogP contribution in [-0.2, 0) is 4.79 Å². The lowest BCUT2D eigenvalue weighted by molar-refractivity contribution is -0.141. The van der Waals surface area contributed by atoms with E-state index >= 15 is 0 Å². The number of carbonyl (C=O) groups is 2. The number of aliphatic carboxylic acids is 1. The third kappa shape index (κ3) is 4.53. The molecule has 0 spiro atoms. The van der Waals surface area contributed by atoms with Crippen molar-refractivity contribution in [2.75, 3.05) is 18.9 Å². The molecule has 1 heterocycles. The minimum absolute atomic E-state index is 0.219. The highest BCUT2D eigenvalue weighted by atomic mass is 16.4. The van der Waals surface area contributed by atoms with Crippen LogP contribution >= 0.6 is 0 Å². The van der Waals surface area contributed by atoms with E-state index in [0.29, 0.717) is 12.2 Å². The van der Waals surface area contributed by atoms with E-state index in [9.17, 15) is 9.59 Å². The van der Waals surface area contributed by atoms with Crippen LogP contribution in [0.4, 0.5) is 5.82 Å². The predicted molar refractivity (Wildman–Crippen MR) is 69.9 cm³/mol. The lowest BCUT2D eigenvalue weighted by atomic mass is 10.0. The highest BCUT2D eigenvalue weighted by molar-refractivity contribution is 5.91. The van der Waals surface area contributed by atoms with Crippen molar-refractivity contribution in [3.05, 3.63) is 17.8 Å². The number of aromatic nitrogens is 2.